The molecule has 0 aliphatic carbocycles. The van der Waals surface area contributed by atoms with Gasteiger partial charge in [0, 0.05) is 26.4 Å². The maximum atomic E-state index is 5.54. The van der Waals surface area contributed by atoms with Crippen molar-refractivity contribution in [2.75, 3.05) is 40.0 Å². The van der Waals surface area contributed by atoms with E-state index in [9.17, 15) is 0 Å². The van der Waals surface area contributed by atoms with Gasteiger partial charge in [0.2, 0.25) is 0 Å². The lowest BCUT2D eigenvalue weighted by atomic mass is 10.1. The second-order valence-corrected chi connectivity index (χ2v) is 4.57. The third-order valence-corrected chi connectivity index (χ3v) is 2.39. The van der Waals surface area contributed by atoms with Gasteiger partial charge in [-0.25, -0.2) is 0 Å². The van der Waals surface area contributed by atoms with Crippen molar-refractivity contribution >= 4 is 0 Å². The van der Waals surface area contributed by atoms with Crippen molar-refractivity contribution < 1.29 is 9.47 Å². The highest BCUT2D eigenvalue weighted by Crippen LogP contribution is 2.03. The molecule has 0 aliphatic rings. The Hall–Kier alpha value is -0.120. The summed E-state index contributed by atoms with van der Waals surface area (Å²) in [7, 11) is 1.94. The van der Waals surface area contributed by atoms with Crippen LogP contribution in [0.4, 0.5) is 0 Å². The van der Waals surface area contributed by atoms with E-state index in [1.807, 2.05) is 7.05 Å². The number of rotatable bonds is 12. The van der Waals surface area contributed by atoms with Crippen molar-refractivity contribution in [3.63, 3.8) is 0 Å². The predicted octanol–water partition coefficient (Wildman–Crippen LogP) is 2.46. The number of unbranched alkanes of at least 4 members (excludes halogenated alkanes) is 1. The van der Waals surface area contributed by atoms with Gasteiger partial charge >= 0.3 is 0 Å². The van der Waals surface area contributed by atoms with Gasteiger partial charge in [0.25, 0.3) is 0 Å². The first-order chi connectivity index (χ1) is 7.77. The summed E-state index contributed by atoms with van der Waals surface area (Å²) in [6.45, 7) is 8.91. The zero-order valence-corrected chi connectivity index (χ0v) is 11.3. The summed E-state index contributed by atoms with van der Waals surface area (Å²) in [6, 6.07) is 0. The molecule has 0 bridgehead atoms. The molecule has 0 rings (SSSR count). The SMILES string of the molecule is CNCCOCCCCOCCCC(C)C. The van der Waals surface area contributed by atoms with Crippen LogP contribution in [0.2, 0.25) is 0 Å². The molecule has 0 saturated heterocycles. The van der Waals surface area contributed by atoms with Crippen molar-refractivity contribution in [3.05, 3.63) is 0 Å². The molecule has 0 aromatic rings. The van der Waals surface area contributed by atoms with E-state index >= 15 is 0 Å². The average Bonchev–Trinajstić information content (AvgIpc) is 2.25. The maximum Gasteiger partial charge on any atom is 0.0590 e. The second kappa shape index (κ2) is 12.9. The minimum Gasteiger partial charge on any atom is -0.381 e. The summed E-state index contributed by atoms with van der Waals surface area (Å²) < 4.78 is 11.0. The lowest BCUT2D eigenvalue weighted by Crippen LogP contribution is -2.14. The summed E-state index contributed by atoms with van der Waals surface area (Å²) in [5.41, 5.74) is 0. The van der Waals surface area contributed by atoms with Crippen LogP contribution in [0.3, 0.4) is 0 Å². The lowest BCUT2D eigenvalue weighted by Gasteiger charge is -2.06. The lowest BCUT2D eigenvalue weighted by molar-refractivity contribution is 0.101. The Morgan fingerprint density at radius 1 is 0.875 bits per heavy atom. The third kappa shape index (κ3) is 13.9. The monoisotopic (exact) mass is 231 g/mol. The molecule has 0 aromatic heterocycles. The van der Waals surface area contributed by atoms with Crippen molar-refractivity contribution in [2.45, 2.75) is 39.5 Å². The normalized spacial score (nSPS) is 11.2. The molecule has 16 heavy (non-hydrogen) atoms. The first-order valence-corrected chi connectivity index (χ1v) is 6.57. The smallest absolute Gasteiger partial charge is 0.0590 e. The van der Waals surface area contributed by atoms with Crippen LogP contribution in [0.15, 0.2) is 0 Å². The highest BCUT2D eigenvalue weighted by Gasteiger charge is 1.94. The standard InChI is InChI=1S/C13H29NO2/c1-13(2)7-6-11-15-9-4-5-10-16-12-8-14-3/h13-14H,4-12H2,1-3H3. The Kier molecular flexibility index (Phi) is 12.9. The maximum absolute atomic E-state index is 5.54. The zero-order valence-electron chi connectivity index (χ0n) is 11.3. The van der Waals surface area contributed by atoms with Crippen LogP contribution >= 0.6 is 0 Å². The molecule has 0 saturated carbocycles. The van der Waals surface area contributed by atoms with E-state index in [0.717, 1.165) is 51.7 Å². The number of ether oxygens (including phenoxy) is 2. The van der Waals surface area contributed by atoms with Crippen molar-refractivity contribution in [2.24, 2.45) is 5.92 Å². The van der Waals surface area contributed by atoms with Gasteiger partial charge in [0.1, 0.15) is 0 Å². The van der Waals surface area contributed by atoms with Crippen LogP contribution in [-0.2, 0) is 9.47 Å². The Bertz CT molecular complexity index is 129. The fraction of sp³-hybridized carbons (Fsp3) is 1.00. The number of hydrogen-bond donors (Lipinski definition) is 1. The summed E-state index contributed by atoms with van der Waals surface area (Å²) in [5, 5.41) is 3.05. The topological polar surface area (TPSA) is 30.5 Å². The van der Waals surface area contributed by atoms with Crippen molar-refractivity contribution in [1.82, 2.24) is 5.32 Å². The molecule has 0 heterocycles. The molecule has 0 atom stereocenters. The molecule has 0 radical (unpaired) electrons. The Morgan fingerprint density at radius 2 is 1.44 bits per heavy atom. The van der Waals surface area contributed by atoms with Crippen molar-refractivity contribution in [3.8, 4) is 0 Å². The fourth-order valence-corrected chi connectivity index (χ4v) is 1.38. The van der Waals surface area contributed by atoms with Gasteiger partial charge in [-0.05, 0) is 38.6 Å². The molecule has 0 amide bonds. The van der Waals surface area contributed by atoms with Gasteiger partial charge in [0.15, 0.2) is 0 Å². The molecule has 1 N–H and O–H groups in total. The van der Waals surface area contributed by atoms with Gasteiger partial charge < -0.3 is 14.8 Å². The van der Waals surface area contributed by atoms with Gasteiger partial charge in [-0.15, -0.1) is 0 Å². The van der Waals surface area contributed by atoms with Crippen LogP contribution in [0, 0.1) is 5.92 Å². The minimum atomic E-state index is 0.796. The van der Waals surface area contributed by atoms with E-state index in [2.05, 4.69) is 19.2 Å². The first kappa shape index (κ1) is 15.9. The molecule has 0 unspecified atom stereocenters. The molecule has 0 aliphatic heterocycles. The molecule has 3 nitrogen and oxygen atoms in total. The highest BCUT2D eigenvalue weighted by atomic mass is 16.5. The largest absolute Gasteiger partial charge is 0.381 e. The molecule has 3 heteroatoms. The van der Waals surface area contributed by atoms with Crippen LogP contribution in [-0.4, -0.2) is 40.0 Å². The summed E-state index contributed by atoms with van der Waals surface area (Å²) in [4.78, 5) is 0. The van der Waals surface area contributed by atoms with E-state index in [0.29, 0.717) is 0 Å². The summed E-state index contributed by atoms with van der Waals surface area (Å²) in [5.74, 6) is 0.796. The van der Waals surface area contributed by atoms with Gasteiger partial charge in [-0.3, -0.25) is 0 Å². The second-order valence-electron chi connectivity index (χ2n) is 4.57. The van der Waals surface area contributed by atoms with Crippen molar-refractivity contribution in [1.29, 1.82) is 0 Å². The van der Waals surface area contributed by atoms with Crippen LogP contribution in [0.5, 0.6) is 0 Å². The number of hydrogen-bond acceptors (Lipinski definition) is 3. The first-order valence-electron chi connectivity index (χ1n) is 6.57. The third-order valence-electron chi connectivity index (χ3n) is 2.39. The van der Waals surface area contributed by atoms with Gasteiger partial charge in [0.05, 0.1) is 6.61 Å². The average molecular weight is 231 g/mol. The minimum absolute atomic E-state index is 0.796. The van der Waals surface area contributed by atoms with E-state index in [1.165, 1.54) is 12.8 Å². The number of nitrogens with one attached hydrogen (secondary N) is 1. The predicted molar refractivity (Wildman–Crippen MR) is 68.9 cm³/mol. The highest BCUT2D eigenvalue weighted by molar-refractivity contribution is 4.45. The van der Waals surface area contributed by atoms with Crippen LogP contribution < -0.4 is 5.32 Å². The Morgan fingerprint density at radius 3 is 2.00 bits per heavy atom. The summed E-state index contributed by atoms with van der Waals surface area (Å²) >= 11 is 0. The quantitative estimate of drug-likeness (QED) is 0.523. The van der Waals surface area contributed by atoms with Gasteiger partial charge in [-0.2, -0.15) is 0 Å². The Balaban J connectivity index is 2.88. The molecule has 0 fully saturated rings. The van der Waals surface area contributed by atoms with Crippen LogP contribution in [0.1, 0.15) is 39.5 Å². The van der Waals surface area contributed by atoms with E-state index in [1.54, 1.807) is 0 Å². The van der Waals surface area contributed by atoms with Gasteiger partial charge in [-0.1, -0.05) is 13.8 Å². The number of likely N-dealkylation sites (N-methyl/N-ethyl adjacent to an activating group) is 1. The Labute approximate surface area is 101 Å². The fourth-order valence-electron chi connectivity index (χ4n) is 1.38. The molecular formula is C13H29NO2. The molecule has 0 aromatic carbocycles. The zero-order chi connectivity index (χ0) is 12.1. The van der Waals surface area contributed by atoms with E-state index in [-0.39, 0.29) is 0 Å². The summed E-state index contributed by atoms with van der Waals surface area (Å²) in [6.07, 6.45) is 4.68. The van der Waals surface area contributed by atoms with E-state index < -0.39 is 0 Å². The molecular weight excluding hydrogens is 202 g/mol. The van der Waals surface area contributed by atoms with E-state index in [4.69, 9.17) is 9.47 Å². The van der Waals surface area contributed by atoms with Crippen LogP contribution in [0.25, 0.3) is 0 Å². The molecule has 0 spiro atoms. The molecule has 98 valence electrons.